The lowest BCUT2D eigenvalue weighted by molar-refractivity contribution is 0.669. The Hall–Kier alpha value is -7.63. The summed E-state index contributed by atoms with van der Waals surface area (Å²) in [6.45, 7) is 0. The van der Waals surface area contributed by atoms with Crippen molar-refractivity contribution in [3.05, 3.63) is 194 Å². The maximum absolute atomic E-state index is 6.58. The van der Waals surface area contributed by atoms with Crippen LogP contribution in [0, 0.1) is 0 Å². The van der Waals surface area contributed by atoms with Crippen molar-refractivity contribution in [2.75, 3.05) is 0 Å². The molecule has 0 aliphatic heterocycles. The smallest absolute Gasteiger partial charge is 0.164 e. The minimum absolute atomic E-state index is 0.594. The van der Waals surface area contributed by atoms with Gasteiger partial charge in [0.25, 0.3) is 0 Å². The molecule has 0 N–H and O–H groups in total. The van der Waals surface area contributed by atoms with Gasteiger partial charge in [0.2, 0.25) is 0 Å². The number of benzene rings is 8. The molecule has 0 radical (unpaired) electrons. The molecular formula is C51H32N4O. The molecule has 0 atom stereocenters. The highest BCUT2D eigenvalue weighted by atomic mass is 16.3. The van der Waals surface area contributed by atoms with Crippen LogP contribution in [-0.2, 0) is 0 Å². The van der Waals surface area contributed by atoms with Gasteiger partial charge in [0.1, 0.15) is 11.2 Å². The molecule has 3 heterocycles. The Balaban J connectivity index is 1.01. The molecule has 56 heavy (non-hydrogen) atoms. The van der Waals surface area contributed by atoms with Crippen LogP contribution in [0.4, 0.5) is 0 Å². The van der Waals surface area contributed by atoms with Crippen molar-refractivity contribution in [3.63, 3.8) is 0 Å². The normalized spacial score (nSPS) is 11.6. The van der Waals surface area contributed by atoms with Crippen molar-refractivity contribution in [3.8, 4) is 62.1 Å². The summed E-state index contributed by atoms with van der Waals surface area (Å²) < 4.78 is 8.93. The molecule has 262 valence electrons. The van der Waals surface area contributed by atoms with E-state index >= 15 is 0 Å². The number of aromatic nitrogens is 4. The topological polar surface area (TPSA) is 56.7 Å². The van der Waals surface area contributed by atoms with E-state index < -0.39 is 0 Å². The summed E-state index contributed by atoms with van der Waals surface area (Å²) >= 11 is 0. The largest absolute Gasteiger partial charge is 0.456 e. The van der Waals surface area contributed by atoms with Crippen LogP contribution in [-0.4, -0.2) is 19.5 Å². The minimum atomic E-state index is 0.594. The van der Waals surface area contributed by atoms with Crippen LogP contribution in [0.25, 0.3) is 106 Å². The van der Waals surface area contributed by atoms with Crippen molar-refractivity contribution in [1.29, 1.82) is 0 Å². The number of hydrogen-bond acceptors (Lipinski definition) is 4. The summed E-state index contributed by atoms with van der Waals surface area (Å²) in [5, 5.41) is 4.60. The first kappa shape index (κ1) is 31.9. The van der Waals surface area contributed by atoms with Crippen LogP contribution in [0.5, 0.6) is 0 Å². The second-order valence-corrected chi connectivity index (χ2v) is 14.0. The van der Waals surface area contributed by atoms with E-state index in [2.05, 4.69) is 132 Å². The lowest BCUT2D eigenvalue weighted by Crippen LogP contribution is -2.00. The molecule has 0 bridgehead atoms. The highest BCUT2D eigenvalue weighted by Gasteiger charge is 2.18. The Morgan fingerprint density at radius 1 is 0.339 bits per heavy atom. The number of fused-ring (bicyclic) bond motifs is 6. The molecule has 0 aliphatic rings. The summed E-state index contributed by atoms with van der Waals surface area (Å²) in [7, 11) is 0. The Kier molecular flexibility index (Phi) is 7.42. The first-order valence-corrected chi connectivity index (χ1v) is 18.8. The van der Waals surface area contributed by atoms with Gasteiger partial charge in [-0.15, -0.1) is 0 Å². The summed E-state index contributed by atoms with van der Waals surface area (Å²) in [4.78, 5) is 14.8. The zero-order chi connectivity index (χ0) is 37.0. The third-order valence-electron chi connectivity index (χ3n) is 10.6. The van der Waals surface area contributed by atoms with Crippen molar-refractivity contribution < 1.29 is 4.42 Å². The van der Waals surface area contributed by atoms with E-state index in [9.17, 15) is 0 Å². The number of furan rings is 1. The number of nitrogens with zero attached hydrogens (tertiary/aromatic N) is 4. The van der Waals surface area contributed by atoms with Crippen LogP contribution in [0.15, 0.2) is 199 Å². The standard InChI is InChI=1S/C51H32N4O/c1-4-14-33(15-5-1)49-52-50(34-16-6-2-7-17-34)54-51(53-49)38-26-28-42-47(32-38)56-46-25-13-23-40(48(42)46)37-19-12-18-35(30-37)36-27-29-45-43(31-36)41-22-10-11-24-44(41)55(45)39-20-8-3-9-21-39/h1-32H. The molecule has 0 spiro atoms. The van der Waals surface area contributed by atoms with Gasteiger partial charge in [0.15, 0.2) is 17.5 Å². The van der Waals surface area contributed by atoms with Gasteiger partial charge in [-0.25, -0.2) is 15.0 Å². The number of rotatable bonds is 6. The molecule has 11 rings (SSSR count). The van der Waals surface area contributed by atoms with E-state index in [-0.39, 0.29) is 0 Å². The van der Waals surface area contributed by atoms with Crippen molar-refractivity contribution in [1.82, 2.24) is 19.5 Å². The van der Waals surface area contributed by atoms with Crippen molar-refractivity contribution in [2.45, 2.75) is 0 Å². The predicted molar refractivity (Wildman–Crippen MR) is 229 cm³/mol. The van der Waals surface area contributed by atoms with Gasteiger partial charge in [0.05, 0.1) is 11.0 Å². The molecule has 8 aromatic carbocycles. The average Bonchev–Trinajstić information content (AvgIpc) is 3.82. The number of para-hydroxylation sites is 2. The van der Waals surface area contributed by atoms with Gasteiger partial charge in [-0.2, -0.15) is 0 Å². The van der Waals surface area contributed by atoms with Crippen LogP contribution < -0.4 is 0 Å². The summed E-state index contributed by atoms with van der Waals surface area (Å²) in [5.41, 5.74) is 12.5. The molecule has 11 aromatic rings. The Morgan fingerprint density at radius 3 is 1.66 bits per heavy atom. The minimum Gasteiger partial charge on any atom is -0.456 e. The second-order valence-electron chi connectivity index (χ2n) is 14.0. The molecule has 0 aliphatic carbocycles. The average molecular weight is 717 g/mol. The Labute approximate surface area is 322 Å². The fourth-order valence-electron chi connectivity index (χ4n) is 8.02. The maximum Gasteiger partial charge on any atom is 0.164 e. The molecule has 0 unspecified atom stereocenters. The molecule has 0 saturated heterocycles. The fraction of sp³-hybridized carbons (Fsp3) is 0. The molecule has 0 saturated carbocycles. The number of hydrogen-bond donors (Lipinski definition) is 0. The van der Waals surface area contributed by atoms with Gasteiger partial charge in [0, 0.05) is 43.9 Å². The van der Waals surface area contributed by atoms with Gasteiger partial charge in [-0.1, -0.05) is 140 Å². The SMILES string of the molecule is c1ccc(-c2nc(-c3ccccc3)nc(-c3ccc4c(c3)oc3cccc(-c5cccc(-c6ccc7c(c6)c6ccccc6n7-c6ccccc6)c5)c34)n2)cc1. The first-order chi connectivity index (χ1) is 27.7. The van der Waals surface area contributed by atoms with Crippen LogP contribution in [0.3, 0.4) is 0 Å². The Bertz CT molecular complexity index is 3180. The fourth-order valence-corrected chi connectivity index (χ4v) is 8.02. The van der Waals surface area contributed by atoms with E-state index in [0.717, 1.165) is 61.0 Å². The van der Waals surface area contributed by atoms with E-state index in [4.69, 9.17) is 19.4 Å². The van der Waals surface area contributed by atoms with Gasteiger partial charge < -0.3 is 8.98 Å². The third kappa shape index (κ3) is 5.37. The quantitative estimate of drug-likeness (QED) is 0.172. The van der Waals surface area contributed by atoms with Gasteiger partial charge in [-0.3, -0.25) is 0 Å². The van der Waals surface area contributed by atoms with E-state index in [1.54, 1.807) is 0 Å². The third-order valence-corrected chi connectivity index (χ3v) is 10.6. The molecule has 3 aromatic heterocycles. The predicted octanol–water partition coefficient (Wildman–Crippen LogP) is 13.2. The summed E-state index contributed by atoms with van der Waals surface area (Å²) in [6.07, 6.45) is 0. The zero-order valence-corrected chi connectivity index (χ0v) is 30.2. The summed E-state index contributed by atoms with van der Waals surface area (Å²) in [6, 6.07) is 67.6. The maximum atomic E-state index is 6.58. The van der Waals surface area contributed by atoms with Crippen LogP contribution in [0.2, 0.25) is 0 Å². The lowest BCUT2D eigenvalue weighted by atomic mass is 9.95. The highest BCUT2D eigenvalue weighted by molar-refractivity contribution is 6.13. The van der Waals surface area contributed by atoms with Crippen LogP contribution in [0.1, 0.15) is 0 Å². The van der Waals surface area contributed by atoms with Gasteiger partial charge >= 0.3 is 0 Å². The lowest BCUT2D eigenvalue weighted by Gasteiger charge is -2.10. The first-order valence-electron chi connectivity index (χ1n) is 18.8. The van der Waals surface area contributed by atoms with Crippen molar-refractivity contribution >= 4 is 43.7 Å². The van der Waals surface area contributed by atoms with E-state index in [1.165, 1.54) is 27.4 Å². The second kappa shape index (κ2) is 13.0. The zero-order valence-electron chi connectivity index (χ0n) is 30.2. The molecule has 0 amide bonds. The van der Waals surface area contributed by atoms with Crippen molar-refractivity contribution in [2.24, 2.45) is 0 Å². The highest BCUT2D eigenvalue weighted by Crippen LogP contribution is 2.40. The molecule has 5 nitrogen and oxygen atoms in total. The Morgan fingerprint density at radius 2 is 0.911 bits per heavy atom. The monoisotopic (exact) mass is 716 g/mol. The molecule has 0 fully saturated rings. The van der Waals surface area contributed by atoms with Gasteiger partial charge in [-0.05, 0) is 76.9 Å². The van der Waals surface area contributed by atoms with E-state index in [0.29, 0.717) is 17.5 Å². The molecular weight excluding hydrogens is 685 g/mol. The van der Waals surface area contributed by atoms with Crippen LogP contribution >= 0.6 is 0 Å². The van der Waals surface area contributed by atoms with E-state index in [1.807, 2.05) is 66.7 Å². The summed E-state index contributed by atoms with van der Waals surface area (Å²) in [5.74, 6) is 1.85. The molecule has 5 heteroatoms.